The third kappa shape index (κ3) is 3.40. The summed E-state index contributed by atoms with van der Waals surface area (Å²) in [6, 6.07) is 6.11. The first-order valence-electron chi connectivity index (χ1n) is 9.07. The summed E-state index contributed by atoms with van der Waals surface area (Å²) < 4.78 is 13.4. The molecule has 1 aromatic carbocycles. The van der Waals surface area contributed by atoms with Crippen LogP contribution >= 0.6 is 0 Å². The van der Waals surface area contributed by atoms with Crippen molar-refractivity contribution in [1.29, 1.82) is 0 Å². The normalized spacial score (nSPS) is 26.6. The fourth-order valence-corrected chi connectivity index (χ4v) is 3.98. The fourth-order valence-electron chi connectivity index (χ4n) is 3.98. The van der Waals surface area contributed by atoms with E-state index in [-0.39, 0.29) is 30.3 Å². The van der Waals surface area contributed by atoms with Crippen LogP contribution in [0.3, 0.4) is 0 Å². The second-order valence-electron chi connectivity index (χ2n) is 7.20. The summed E-state index contributed by atoms with van der Waals surface area (Å²) >= 11 is 0. The Hall–Kier alpha value is -1.95. The van der Waals surface area contributed by atoms with E-state index in [1.165, 1.54) is 17.0 Å². The number of halogens is 1. The van der Waals surface area contributed by atoms with Gasteiger partial charge in [0.2, 0.25) is 0 Å². The number of nitrogens with one attached hydrogen (secondary N) is 1. The monoisotopic (exact) mass is 347 g/mol. The van der Waals surface area contributed by atoms with Crippen molar-refractivity contribution in [3.8, 4) is 0 Å². The van der Waals surface area contributed by atoms with Gasteiger partial charge in [0, 0.05) is 6.54 Å². The first-order valence-corrected chi connectivity index (χ1v) is 9.07. The molecule has 1 aromatic rings. The van der Waals surface area contributed by atoms with Crippen molar-refractivity contribution >= 4 is 11.9 Å². The molecule has 25 heavy (non-hydrogen) atoms. The van der Waals surface area contributed by atoms with Gasteiger partial charge in [-0.05, 0) is 43.0 Å². The zero-order chi connectivity index (χ0) is 18.0. The zero-order valence-electron chi connectivity index (χ0n) is 14.9. The van der Waals surface area contributed by atoms with Gasteiger partial charge in [0.05, 0.1) is 6.67 Å². The van der Waals surface area contributed by atoms with E-state index in [4.69, 9.17) is 0 Å². The minimum Gasteiger partial charge on any atom is -0.323 e. The summed E-state index contributed by atoms with van der Waals surface area (Å²) in [6.45, 7) is 5.40. The van der Waals surface area contributed by atoms with Gasteiger partial charge in [-0.3, -0.25) is 9.69 Å². The third-order valence-corrected chi connectivity index (χ3v) is 5.59. The summed E-state index contributed by atoms with van der Waals surface area (Å²) in [4.78, 5) is 28.8. The molecule has 136 valence electrons. The lowest BCUT2D eigenvalue weighted by atomic mass is 9.73. The van der Waals surface area contributed by atoms with Crippen molar-refractivity contribution in [3.63, 3.8) is 0 Å². The molecular formula is C19H26FN3O2. The molecule has 1 aliphatic heterocycles. The van der Waals surface area contributed by atoms with Crippen LogP contribution in [0.5, 0.6) is 0 Å². The summed E-state index contributed by atoms with van der Waals surface area (Å²) in [5.41, 5.74) is 0.0998. The molecule has 0 unspecified atom stereocenters. The predicted molar refractivity (Wildman–Crippen MR) is 93.1 cm³/mol. The van der Waals surface area contributed by atoms with Crippen LogP contribution in [0.15, 0.2) is 24.3 Å². The molecule has 1 aliphatic carbocycles. The SMILES string of the molecule is CCN(Cc1cccc(F)c1)CN1C(=O)N[C@]2(CCCC[C@@H]2C)C1=O. The average molecular weight is 347 g/mol. The maximum absolute atomic E-state index is 13.4. The molecule has 2 aliphatic rings. The molecule has 1 saturated heterocycles. The van der Waals surface area contributed by atoms with Crippen LogP contribution in [0.4, 0.5) is 9.18 Å². The van der Waals surface area contributed by atoms with Crippen LogP contribution in [0.2, 0.25) is 0 Å². The maximum Gasteiger partial charge on any atom is 0.326 e. The second-order valence-corrected chi connectivity index (χ2v) is 7.20. The molecular weight excluding hydrogens is 321 g/mol. The van der Waals surface area contributed by atoms with Gasteiger partial charge in [-0.25, -0.2) is 14.1 Å². The van der Waals surface area contributed by atoms with Gasteiger partial charge in [0.15, 0.2) is 0 Å². The average Bonchev–Trinajstić information content (AvgIpc) is 2.82. The first kappa shape index (κ1) is 17.9. The van der Waals surface area contributed by atoms with Gasteiger partial charge in [0.25, 0.3) is 5.91 Å². The number of urea groups is 1. The number of nitrogens with zero attached hydrogens (tertiary/aromatic N) is 2. The fraction of sp³-hybridized carbons (Fsp3) is 0.579. The smallest absolute Gasteiger partial charge is 0.323 e. The highest BCUT2D eigenvalue weighted by atomic mass is 19.1. The Morgan fingerprint density at radius 1 is 1.36 bits per heavy atom. The number of hydrogen-bond acceptors (Lipinski definition) is 3. The van der Waals surface area contributed by atoms with E-state index in [0.717, 1.165) is 24.8 Å². The summed E-state index contributed by atoms with van der Waals surface area (Å²) in [5, 5.41) is 2.97. The highest BCUT2D eigenvalue weighted by Crippen LogP contribution is 2.38. The second kappa shape index (κ2) is 7.12. The van der Waals surface area contributed by atoms with E-state index in [1.807, 2.05) is 24.8 Å². The van der Waals surface area contributed by atoms with Gasteiger partial charge < -0.3 is 5.32 Å². The Balaban J connectivity index is 1.72. The molecule has 0 bridgehead atoms. The molecule has 6 heteroatoms. The topological polar surface area (TPSA) is 52.6 Å². The van der Waals surface area contributed by atoms with Crippen LogP contribution in [0, 0.1) is 11.7 Å². The van der Waals surface area contributed by atoms with Crippen molar-refractivity contribution in [2.45, 2.75) is 51.6 Å². The quantitative estimate of drug-likeness (QED) is 0.833. The molecule has 1 N–H and O–H groups in total. The third-order valence-electron chi connectivity index (χ3n) is 5.59. The van der Waals surface area contributed by atoms with Gasteiger partial charge in [-0.2, -0.15) is 0 Å². The molecule has 2 fully saturated rings. The van der Waals surface area contributed by atoms with E-state index >= 15 is 0 Å². The number of carbonyl (C=O) groups excluding carboxylic acids is 2. The van der Waals surface area contributed by atoms with Crippen LogP contribution in [0.1, 0.15) is 45.1 Å². The Kier molecular flexibility index (Phi) is 5.08. The standard InChI is InChI=1S/C19H26FN3O2/c1-3-22(12-15-8-6-9-16(20)11-15)13-23-17(24)19(21-18(23)25)10-5-4-7-14(19)2/h6,8-9,11,14H,3-5,7,10,12-13H2,1-2H3,(H,21,25)/t14-,19-/m0/s1. The van der Waals surface area contributed by atoms with Crippen LogP contribution in [-0.4, -0.2) is 40.5 Å². The number of rotatable bonds is 5. The molecule has 2 atom stereocenters. The van der Waals surface area contributed by atoms with Gasteiger partial charge >= 0.3 is 6.03 Å². The lowest BCUT2D eigenvalue weighted by Crippen LogP contribution is -2.54. The molecule has 1 saturated carbocycles. The number of carbonyl (C=O) groups is 2. The Bertz CT molecular complexity index is 666. The van der Waals surface area contributed by atoms with Gasteiger partial charge in [-0.1, -0.05) is 38.8 Å². The first-order chi connectivity index (χ1) is 12.0. The number of imide groups is 1. The van der Waals surface area contributed by atoms with Crippen LogP contribution < -0.4 is 5.32 Å². The minimum atomic E-state index is -0.729. The number of hydrogen-bond donors (Lipinski definition) is 1. The molecule has 3 amide bonds. The molecule has 5 nitrogen and oxygen atoms in total. The summed E-state index contributed by atoms with van der Waals surface area (Å²) in [7, 11) is 0. The summed E-state index contributed by atoms with van der Waals surface area (Å²) in [5.74, 6) is -0.234. The van der Waals surface area contributed by atoms with Crippen molar-refractivity contribution in [2.75, 3.05) is 13.2 Å². The molecule has 3 rings (SSSR count). The van der Waals surface area contributed by atoms with Crippen molar-refractivity contribution in [2.24, 2.45) is 5.92 Å². The molecule has 0 aromatic heterocycles. The van der Waals surface area contributed by atoms with E-state index in [2.05, 4.69) is 5.32 Å². The van der Waals surface area contributed by atoms with E-state index in [1.54, 1.807) is 6.07 Å². The number of amides is 3. The Morgan fingerprint density at radius 2 is 2.16 bits per heavy atom. The largest absolute Gasteiger partial charge is 0.326 e. The van der Waals surface area contributed by atoms with Crippen LogP contribution in [0.25, 0.3) is 0 Å². The zero-order valence-corrected chi connectivity index (χ0v) is 14.9. The van der Waals surface area contributed by atoms with Crippen molar-refractivity contribution < 1.29 is 14.0 Å². The molecule has 1 spiro atoms. The molecule has 0 radical (unpaired) electrons. The molecule has 1 heterocycles. The van der Waals surface area contributed by atoms with E-state index < -0.39 is 5.54 Å². The predicted octanol–water partition coefficient (Wildman–Crippen LogP) is 3.11. The van der Waals surface area contributed by atoms with E-state index in [9.17, 15) is 14.0 Å². The minimum absolute atomic E-state index is 0.109. The van der Waals surface area contributed by atoms with Crippen molar-refractivity contribution in [1.82, 2.24) is 15.1 Å². The number of benzene rings is 1. The van der Waals surface area contributed by atoms with Gasteiger partial charge in [0.1, 0.15) is 11.4 Å². The highest BCUT2D eigenvalue weighted by molar-refractivity contribution is 6.07. The van der Waals surface area contributed by atoms with E-state index in [0.29, 0.717) is 19.5 Å². The highest BCUT2D eigenvalue weighted by Gasteiger charge is 2.54. The van der Waals surface area contributed by atoms with Gasteiger partial charge in [-0.15, -0.1) is 0 Å². The Labute approximate surface area is 148 Å². The lowest BCUT2D eigenvalue weighted by Gasteiger charge is -2.37. The Morgan fingerprint density at radius 3 is 2.84 bits per heavy atom. The summed E-state index contributed by atoms with van der Waals surface area (Å²) in [6.07, 6.45) is 3.74. The van der Waals surface area contributed by atoms with Crippen LogP contribution in [-0.2, 0) is 11.3 Å². The lowest BCUT2D eigenvalue weighted by molar-refractivity contribution is -0.135. The van der Waals surface area contributed by atoms with Crippen molar-refractivity contribution in [3.05, 3.63) is 35.6 Å². The maximum atomic E-state index is 13.4.